The van der Waals surface area contributed by atoms with Crippen LogP contribution in [-0.4, -0.2) is 0 Å². The molecular weight excluding hydrogens is 565 g/mol. The van der Waals surface area contributed by atoms with Gasteiger partial charge in [0, 0.05) is 0 Å². The Morgan fingerprint density at radius 3 is 1.26 bits per heavy atom. The molecule has 0 heterocycles. The fourth-order valence-electron chi connectivity index (χ4n) is 8.47. The molecule has 222 valence electrons. The fraction of sp³-hybridized carbons (Fsp3) is 0.0638. The van der Waals surface area contributed by atoms with Crippen molar-refractivity contribution in [3.8, 4) is 33.4 Å². The molecule has 1 spiro atoms. The molecule has 0 unspecified atom stereocenters. The van der Waals surface area contributed by atoms with Crippen LogP contribution < -0.4 is 0 Å². The van der Waals surface area contributed by atoms with Gasteiger partial charge in [-0.25, -0.2) is 0 Å². The quantitative estimate of drug-likeness (QED) is 0.165. The Kier molecular flexibility index (Phi) is 6.27. The van der Waals surface area contributed by atoms with E-state index >= 15 is 0 Å². The van der Waals surface area contributed by atoms with Crippen LogP contribution >= 0.6 is 0 Å². The first kappa shape index (κ1) is 27.6. The van der Waals surface area contributed by atoms with Crippen LogP contribution in [0.1, 0.15) is 33.4 Å². The highest BCUT2D eigenvalue weighted by molar-refractivity contribution is 6.14. The Labute approximate surface area is 276 Å². The third-order valence-electron chi connectivity index (χ3n) is 10.4. The van der Waals surface area contributed by atoms with Crippen LogP contribution in [0.15, 0.2) is 170 Å². The normalized spacial score (nSPS) is 13.1. The number of aryl methyl sites for hydroxylation is 2. The van der Waals surface area contributed by atoms with E-state index in [-0.39, 0.29) is 5.41 Å². The summed E-state index contributed by atoms with van der Waals surface area (Å²) in [6.07, 6.45) is 0. The first-order valence-electron chi connectivity index (χ1n) is 16.5. The third-order valence-corrected chi connectivity index (χ3v) is 10.4. The fourth-order valence-corrected chi connectivity index (χ4v) is 8.47. The molecule has 8 aromatic rings. The Bertz CT molecular complexity index is 2360. The second-order valence-corrected chi connectivity index (χ2v) is 12.9. The van der Waals surface area contributed by atoms with E-state index < -0.39 is 0 Å². The van der Waals surface area contributed by atoms with Crippen LogP contribution in [0.25, 0.3) is 54.9 Å². The van der Waals surface area contributed by atoms with E-state index in [1.54, 1.807) is 0 Å². The van der Waals surface area contributed by atoms with Crippen molar-refractivity contribution in [2.45, 2.75) is 19.3 Å². The molecule has 0 saturated carbocycles. The Morgan fingerprint density at radius 1 is 0.340 bits per heavy atom. The standard InChI is InChI=1S/C26H18.C21H16/c1-17-14-15-21-20-10-4-7-13-24(20)26(25(21)16-17)22-11-5-2-8-18(22)19-9-3-6-12-23(19)26;1-15-17-11-5-7-13-19(17)21(16-9-3-2-4-10-16)20-14-8-6-12-18(15)20/h2-16H,1H3;2-14H,1H3. The second-order valence-electron chi connectivity index (χ2n) is 12.9. The lowest BCUT2D eigenvalue weighted by molar-refractivity contribution is 0.792. The van der Waals surface area contributed by atoms with Crippen molar-refractivity contribution in [3.05, 3.63) is 203 Å². The van der Waals surface area contributed by atoms with Gasteiger partial charge in [0.05, 0.1) is 5.41 Å². The van der Waals surface area contributed by atoms with Gasteiger partial charge < -0.3 is 0 Å². The van der Waals surface area contributed by atoms with Gasteiger partial charge in [0.25, 0.3) is 0 Å². The lowest BCUT2D eigenvalue weighted by Gasteiger charge is -2.30. The van der Waals surface area contributed by atoms with Crippen molar-refractivity contribution in [2.24, 2.45) is 0 Å². The molecule has 10 rings (SSSR count). The van der Waals surface area contributed by atoms with Gasteiger partial charge in [0.15, 0.2) is 0 Å². The smallest absolute Gasteiger partial charge is 0.0622 e. The van der Waals surface area contributed by atoms with Crippen LogP contribution in [0.2, 0.25) is 0 Å². The Hall–Kier alpha value is -5.72. The van der Waals surface area contributed by atoms with Gasteiger partial charge in [0.1, 0.15) is 0 Å². The summed E-state index contributed by atoms with van der Waals surface area (Å²) in [5.74, 6) is 0. The Morgan fingerprint density at radius 2 is 0.745 bits per heavy atom. The second kappa shape index (κ2) is 10.7. The third kappa shape index (κ3) is 3.95. The lowest BCUT2D eigenvalue weighted by Crippen LogP contribution is -2.25. The summed E-state index contributed by atoms with van der Waals surface area (Å²) in [5, 5.41) is 5.35. The maximum Gasteiger partial charge on any atom is 0.0725 e. The summed E-state index contributed by atoms with van der Waals surface area (Å²) in [7, 11) is 0. The average molecular weight is 599 g/mol. The zero-order valence-corrected chi connectivity index (χ0v) is 26.7. The SMILES string of the molecule is Cc1c2ccccc2c(-c2ccccc2)c2ccccc12.Cc1ccc2c(c1)C1(c3ccccc3-c3ccccc31)c1ccccc1-2. The molecule has 0 heteroatoms. The number of fused-ring (bicyclic) bond motifs is 12. The maximum atomic E-state index is 2.40. The molecule has 0 saturated heterocycles. The van der Waals surface area contributed by atoms with E-state index in [4.69, 9.17) is 0 Å². The van der Waals surface area contributed by atoms with Crippen LogP contribution in [0.5, 0.6) is 0 Å². The summed E-state index contributed by atoms with van der Waals surface area (Å²) >= 11 is 0. The van der Waals surface area contributed by atoms with E-state index in [2.05, 4.69) is 184 Å². The Balaban J connectivity index is 0.000000132. The minimum absolute atomic E-state index is 0.189. The van der Waals surface area contributed by atoms with Crippen LogP contribution in [0.3, 0.4) is 0 Å². The molecule has 0 aliphatic heterocycles. The van der Waals surface area contributed by atoms with E-state index in [1.165, 1.54) is 88.3 Å². The lowest BCUT2D eigenvalue weighted by atomic mass is 9.70. The molecule has 0 nitrogen and oxygen atoms in total. The molecule has 2 aliphatic carbocycles. The molecule has 8 aromatic carbocycles. The highest BCUT2D eigenvalue weighted by Crippen LogP contribution is 2.62. The first-order chi connectivity index (χ1) is 23.2. The molecule has 0 atom stereocenters. The van der Waals surface area contributed by atoms with Crippen molar-refractivity contribution in [2.75, 3.05) is 0 Å². The van der Waals surface area contributed by atoms with Crippen LogP contribution in [0.4, 0.5) is 0 Å². The molecule has 0 N–H and O–H groups in total. The van der Waals surface area contributed by atoms with E-state index in [9.17, 15) is 0 Å². The van der Waals surface area contributed by atoms with E-state index in [0.29, 0.717) is 0 Å². The molecule has 0 radical (unpaired) electrons. The molecule has 0 fully saturated rings. The summed E-state index contributed by atoms with van der Waals surface area (Å²) in [6, 6.07) is 61.9. The highest BCUT2D eigenvalue weighted by atomic mass is 14.5. The van der Waals surface area contributed by atoms with Gasteiger partial charge in [0.2, 0.25) is 0 Å². The monoisotopic (exact) mass is 598 g/mol. The van der Waals surface area contributed by atoms with Crippen molar-refractivity contribution in [1.82, 2.24) is 0 Å². The van der Waals surface area contributed by atoms with Gasteiger partial charge >= 0.3 is 0 Å². The zero-order valence-electron chi connectivity index (χ0n) is 26.7. The van der Waals surface area contributed by atoms with Gasteiger partial charge in [-0.05, 0) is 96.6 Å². The number of hydrogen-bond acceptors (Lipinski definition) is 0. The van der Waals surface area contributed by atoms with Crippen LogP contribution in [-0.2, 0) is 5.41 Å². The molecular formula is C47H34. The summed E-state index contributed by atoms with van der Waals surface area (Å²) in [5.41, 5.74) is 16.3. The van der Waals surface area contributed by atoms with Gasteiger partial charge in [-0.2, -0.15) is 0 Å². The zero-order chi connectivity index (χ0) is 31.5. The van der Waals surface area contributed by atoms with Gasteiger partial charge in [-0.15, -0.1) is 0 Å². The minimum atomic E-state index is -0.189. The molecule has 0 amide bonds. The van der Waals surface area contributed by atoms with Gasteiger partial charge in [-0.3, -0.25) is 0 Å². The van der Waals surface area contributed by atoms with Gasteiger partial charge in [-0.1, -0.05) is 175 Å². The summed E-state index contributed by atoms with van der Waals surface area (Å²) < 4.78 is 0. The van der Waals surface area contributed by atoms with Crippen molar-refractivity contribution in [3.63, 3.8) is 0 Å². The van der Waals surface area contributed by atoms with E-state index in [0.717, 1.165) is 0 Å². The van der Waals surface area contributed by atoms with Crippen molar-refractivity contribution >= 4 is 21.5 Å². The average Bonchev–Trinajstić information content (AvgIpc) is 3.60. The highest BCUT2D eigenvalue weighted by Gasteiger charge is 2.51. The summed E-state index contributed by atoms with van der Waals surface area (Å²) in [6.45, 7) is 4.42. The topological polar surface area (TPSA) is 0 Å². The summed E-state index contributed by atoms with van der Waals surface area (Å²) in [4.78, 5) is 0. The largest absolute Gasteiger partial charge is 0.0725 e. The van der Waals surface area contributed by atoms with E-state index in [1.807, 2.05) is 0 Å². The van der Waals surface area contributed by atoms with Crippen molar-refractivity contribution < 1.29 is 0 Å². The minimum Gasteiger partial charge on any atom is -0.0622 e. The van der Waals surface area contributed by atoms with Crippen LogP contribution in [0, 0.1) is 13.8 Å². The number of benzene rings is 8. The first-order valence-corrected chi connectivity index (χ1v) is 16.5. The predicted molar refractivity (Wildman–Crippen MR) is 199 cm³/mol. The van der Waals surface area contributed by atoms with Crippen molar-refractivity contribution in [1.29, 1.82) is 0 Å². The number of rotatable bonds is 1. The molecule has 0 aromatic heterocycles. The molecule has 0 bridgehead atoms. The molecule has 47 heavy (non-hydrogen) atoms. The maximum absolute atomic E-state index is 2.40. The predicted octanol–water partition coefficient (Wildman–Crippen LogP) is 12.3. The number of hydrogen-bond donors (Lipinski definition) is 0. The molecule has 2 aliphatic rings.